The van der Waals surface area contributed by atoms with E-state index in [9.17, 15) is 9.90 Å². The Balaban J connectivity index is -0.000000571. The van der Waals surface area contributed by atoms with Crippen molar-refractivity contribution < 1.29 is 40.5 Å². The molecular weight excluding hydrogens is 416 g/mol. The molecule has 8 nitrogen and oxygen atoms in total. The Morgan fingerprint density at radius 3 is 1.06 bits per heavy atom. The summed E-state index contributed by atoms with van der Waals surface area (Å²) < 4.78 is 0. The summed E-state index contributed by atoms with van der Waals surface area (Å²) in [6.45, 7) is 2.98. The standard InChI is InChI=1S/C18H36O2.2C3H8O3/c1-3-5-7-9-10-12-14-16-17(18(19)20)15-13-11-8-6-4-2;2*4-1-3(6)2-5/h17H,3-16H2,1-2H3,(H,19,20);2*3-6H,1-2H2. The van der Waals surface area contributed by atoms with Gasteiger partial charge < -0.3 is 35.7 Å². The number of rotatable bonds is 19. The topological polar surface area (TPSA) is 159 Å². The molecule has 1 atom stereocenters. The van der Waals surface area contributed by atoms with E-state index in [1.54, 1.807) is 0 Å². The van der Waals surface area contributed by atoms with Crippen molar-refractivity contribution in [2.45, 2.75) is 116 Å². The molecule has 0 aromatic rings. The van der Waals surface area contributed by atoms with Gasteiger partial charge in [0.2, 0.25) is 0 Å². The quantitative estimate of drug-likeness (QED) is 0.143. The van der Waals surface area contributed by atoms with Crippen molar-refractivity contribution in [3.63, 3.8) is 0 Å². The molecule has 0 saturated heterocycles. The van der Waals surface area contributed by atoms with Gasteiger partial charge in [0.15, 0.2) is 0 Å². The van der Waals surface area contributed by atoms with Crippen LogP contribution in [-0.2, 0) is 4.79 Å². The number of carboxylic acid groups (broad SMARTS) is 1. The maximum atomic E-state index is 11.2. The fourth-order valence-corrected chi connectivity index (χ4v) is 2.85. The Hall–Kier alpha value is -0.770. The minimum Gasteiger partial charge on any atom is -0.481 e. The van der Waals surface area contributed by atoms with Crippen LogP contribution in [0.2, 0.25) is 0 Å². The van der Waals surface area contributed by atoms with E-state index in [0.29, 0.717) is 0 Å². The molecule has 1 unspecified atom stereocenters. The van der Waals surface area contributed by atoms with Gasteiger partial charge in [-0.25, -0.2) is 0 Å². The van der Waals surface area contributed by atoms with Crippen molar-refractivity contribution >= 4 is 5.97 Å². The molecule has 0 heterocycles. The Labute approximate surface area is 195 Å². The summed E-state index contributed by atoms with van der Waals surface area (Å²) in [5.41, 5.74) is 0. The zero-order valence-electron chi connectivity index (χ0n) is 20.5. The first kappa shape index (κ1) is 35.8. The van der Waals surface area contributed by atoms with Crippen LogP contribution >= 0.6 is 0 Å². The number of unbranched alkanes of at least 4 members (excludes halogenated alkanes) is 10. The molecule has 0 aliphatic rings. The van der Waals surface area contributed by atoms with Crippen molar-refractivity contribution in [2.24, 2.45) is 5.92 Å². The third-order valence-corrected chi connectivity index (χ3v) is 5.00. The highest BCUT2D eigenvalue weighted by Gasteiger charge is 2.16. The highest BCUT2D eigenvalue weighted by Crippen LogP contribution is 2.19. The summed E-state index contributed by atoms with van der Waals surface area (Å²) in [4.78, 5) is 11.2. The molecule has 7 N–H and O–H groups in total. The number of carbonyl (C=O) groups is 1. The summed E-state index contributed by atoms with van der Waals surface area (Å²) >= 11 is 0. The van der Waals surface area contributed by atoms with E-state index >= 15 is 0 Å². The molecule has 0 spiro atoms. The molecule has 0 amide bonds. The SMILES string of the molecule is CCCCCCCCCC(CCCCCCC)C(=O)O.OCC(O)CO.OCC(O)CO. The number of aliphatic hydroxyl groups is 6. The second kappa shape index (κ2) is 30.2. The van der Waals surface area contributed by atoms with E-state index < -0.39 is 18.2 Å². The number of aliphatic hydroxyl groups excluding tert-OH is 6. The zero-order valence-corrected chi connectivity index (χ0v) is 20.5. The van der Waals surface area contributed by atoms with E-state index in [1.807, 2.05) is 0 Å². The lowest BCUT2D eigenvalue weighted by Gasteiger charge is -2.12. The third kappa shape index (κ3) is 31.4. The fourth-order valence-electron chi connectivity index (χ4n) is 2.85. The average Bonchev–Trinajstić information content (AvgIpc) is 2.81. The van der Waals surface area contributed by atoms with Gasteiger partial charge in [0.25, 0.3) is 0 Å². The van der Waals surface area contributed by atoms with Crippen LogP contribution in [0, 0.1) is 5.92 Å². The lowest BCUT2D eigenvalue weighted by molar-refractivity contribution is -0.142. The van der Waals surface area contributed by atoms with Crippen molar-refractivity contribution in [2.75, 3.05) is 26.4 Å². The normalized spacial score (nSPS) is 11.6. The summed E-state index contributed by atoms with van der Waals surface area (Å²) in [6, 6.07) is 0. The van der Waals surface area contributed by atoms with E-state index in [2.05, 4.69) is 13.8 Å². The Bertz CT molecular complexity index is 337. The number of carboxylic acids is 1. The molecule has 0 aromatic heterocycles. The van der Waals surface area contributed by atoms with Crippen LogP contribution in [0.1, 0.15) is 104 Å². The molecule has 0 aliphatic carbocycles. The van der Waals surface area contributed by atoms with Crippen LogP contribution in [0.25, 0.3) is 0 Å². The Morgan fingerprint density at radius 2 is 0.844 bits per heavy atom. The molecule has 0 saturated carbocycles. The average molecular weight is 469 g/mol. The molecule has 0 rings (SSSR count). The van der Waals surface area contributed by atoms with Gasteiger partial charge in [-0.3, -0.25) is 4.79 Å². The van der Waals surface area contributed by atoms with E-state index in [4.69, 9.17) is 30.6 Å². The maximum absolute atomic E-state index is 11.2. The Morgan fingerprint density at radius 1 is 0.562 bits per heavy atom. The number of aliphatic carboxylic acids is 1. The van der Waals surface area contributed by atoms with Gasteiger partial charge in [-0.15, -0.1) is 0 Å². The highest BCUT2D eigenvalue weighted by molar-refractivity contribution is 5.69. The first-order valence-corrected chi connectivity index (χ1v) is 12.4. The van der Waals surface area contributed by atoms with Crippen molar-refractivity contribution in [1.29, 1.82) is 0 Å². The number of hydrogen-bond donors (Lipinski definition) is 7. The molecule has 0 aliphatic heterocycles. The summed E-state index contributed by atoms with van der Waals surface area (Å²) in [5.74, 6) is -0.668. The summed E-state index contributed by atoms with van der Waals surface area (Å²) in [5, 5.41) is 57.3. The van der Waals surface area contributed by atoms with Crippen molar-refractivity contribution in [3.05, 3.63) is 0 Å². The van der Waals surface area contributed by atoms with Gasteiger partial charge in [0.05, 0.1) is 32.3 Å². The van der Waals surface area contributed by atoms with Crippen molar-refractivity contribution in [3.8, 4) is 0 Å². The van der Waals surface area contributed by atoms with Gasteiger partial charge >= 0.3 is 5.97 Å². The van der Waals surface area contributed by atoms with Crippen LogP contribution in [0.4, 0.5) is 0 Å². The molecule has 196 valence electrons. The highest BCUT2D eigenvalue weighted by atomic mass is 16.4. The second-order valence-electron chi connectivity index (χ2n) is 8.19. The first-order valence-electron chi connectivity index (χ1n) is 12.4. The summed E-state index contributed by atoms with van der Waals surface area (Å²) in [7, 11) is 0. The van der Waals surface area contributed by atoms with Gasteiger partial charge in [-0.1, -0.05) is 90.9 Å². The lowest BCUT2D eigenvalue weighted by Crippen LogP contribution is -2.15. The molecule has 0 fully saturated rings. The van der Waals surface area contributed by atoms with E-state index in [1.165, 1.54) is 64.2 Å². The van der Waals surface area contributed by atoms with Gasteiger partial charge in [0, 0.05) is 0 Å². The monoisotopic (exact) mass is 468 g/mol. The predicted octanol–water partition coefficient (Wildman–Crippen LogP) is 2.85. The predicted molar refractivity (Wildman–Crippen MR) is 127 cm³/mol. The van der Waals surface area contributed by atoms with Gasteiger partial charge in [-0.05, 0) is 12.8 Å². The fraction of sp³-hybridized carbons (Fsp3) is 0.958. The molecule has 0 bridgehead atoms. The molecule has 0 radical (unpaired) electrons. The van der Waals surface area contributed by atoms with Gasteiger partial charge in [0.1, 0.15) is 12.2 Å². The smallest absolute Gasteiger partial charge is 0.306 e. The van der Waals surface area contributed by atoms with Crippen LogP contribution in [0.5, 0.6) is 0 Å². The number of hydrogen-bond acceptors (Lipinski definition) is 7. The molecule has 8 heteroatoms. The lowest BCUT2D eigenvalue weighted by atomic mass is 9.94. The van der Waals surface area contributed by atoms with Crippen LogP contribution in [0.15, 0.2) is 0 Å². The molecular formula is C24H52O8. The summed E-state index contributed by atoms with van der Waals surface area (Å²) in [6.07, 6.45) is 14.8. The minimum atomic E-state index is -0.954. The van der Waals surface area contributed by atoms with E-state index in [-0.39, 0.29) is 32.3 Å². The second-order valence-corrected chi connectivity index (χ2v) is 8.19. The minimum absolute atomic E-state index is 0.0905. The van der Waals surface area contributed by atoms with Crippen LogP contribution in [0.3, 0.4) is 0 Å². The zero-order chi connectivity index (χ0) is 25.0. The molecule has 32 heavy (non-hydrogen) atoms. The first-order chi connectivity index (χ1) is 15.3. The van der Waals surface area contributed by atoms with E-state index in [0.717, 1.165) is 25.7 Å². The van der Waals surface area contributed by atoms with Crippen LogP contribution in [-0.4, -0.2) is 80.4 Å². The largest absolute Gasteiger partial charge is 0.481 e. The Kier molecular flexibility index (Phi) is 33.8. The van der Waals surface area contributed by atoms with Crippen molar-refractivity contribution in [1.82, 2.24) is 0 Å². The van der Waals surface area contributed by atoms with Crippen LogP contribution < -0.4 is 0 Å². The third-order valence-electron chi connectivity index (χ3n) is 5.00. The maximum Gasteiger partial charge on any atom is 0.306 e. The van der Waals surface area contributed by atoms with Gasteiger partial charge in [-0.2, -0.15) is 0 Å². The molecule has 0 aromatic carbocycles.